The first-order valence-electron chi connectivity index (χ1n) is 10.7. The van der Waals surface area contributed by atoms with Crippen LogP contribution in [0.4, 0.5) is 11.5 Å². The van der Waals surface area contributed by atoms with Crippen LogP contribution in [0.5, 0.6) is 0 Å². The Morgan fingerprint density at radius 1 is 1.19 bits per heavy atom. The number of sulfonamides is 1. The number of aromatic nitrogens is 1. The van der Waals surface area contributed by atoms with E-state index in [1.54, 1.807) is 12.3 Å². The summed E-state index contributed by atoms with van der Waals surface area (Å²) in [6.45, 7) is 3.04. The highest BCUT2D eigenvalue weighted by molar-refractivity contribution is 9.10. The molecular weight excluding hydrogens is 480 g/mol. The van der Waals surface area contributed by atoms with Gasteiger partial charge in [-0.25, -0.2) is 13.4 Å². The van der Waals surface area contributed by atoms with E-state index in [2.05, 4.69) is 26.2 Å². The number of fused-ring (bicyclic) bond motifs is 1. The van der Waals surface area contributed by atoms with E-state index in [9.17, 15) is 8.42 Å². The second-order valence-corrected chi connectivity index (χ2v) is 11.6. The molecule has 1 aliphatic carbocycles. The molecule has 2 aliphatic heterocycles. The highest BCUT2D eigenvalue weighted by atomic mass is 79.9. The van der Waals surface area contributed by atoms with Gasteiger partial charge in [0, 0.05) is 36.0 Å². The van der Waals surface area contributed by atoms with Crippen molar-refractivity contribution in [2.24, 2.45) is 5.92 Å². The summed E-state index contributed by atoms with van der Waals surface area (Å²) in [5.74, 6) is 1.12. The molecule has 1 saturated heterocycles. The topological polar surface area (TPSA) is 97.5 Å². The molecule has 1 aromatic carbocycles. The van der Waals surface area contributed by atoms with Gasteiger partial charge >= 0.3 is 0 Å². The number of hydrogen-bond acceptors (Lipinski definition) is 6. The van der Waals surface area contributed by atoms with Gasteiger partial charge in [0.1, 0.15) is 10.7 Å². The van der Waals surface area contributed by atoms with Crippen LogP contribution < -0.4 is 11.1 Å². The maximum Gasteiger partial charge on any atom is 0.247 e. The Morgan fingerprint density at radius 2 is 1.94 bits per heavy atom. The Bertz CT molecular complexity index is 1090. The van der Waals surface area contributed by atoms with Crippen molar-refractivity contribution in [2.75, 3.05) is 17.6 Å². The summed E-state index contributed by atoms with van der Waals surface area (Å²) in [6, 6.07) is 5.44. The Balaban J connectivity index is 1.35. The zero-order valence-electron chi connectivity index (χ0n) is 17.5. The minimum Gasteiger partial charge on any atom is -0.398 e. The predicted octanol–water partition coefficient (Wildman–Crippen LogP) is 3.81. The van der Waals surface area contributed by atoms with Gasteiger partial charge in [-0.2, -0.15) is 4.31 Å². The third-order valence-electron chi connectivity index (χ3n) is 6.40. The molecule has 2 atom stereocenters. The molecule has 7 nitrogen and oxygen atoms in total. The second-order valence-electron chi connectivity index (χ2n) is 8.87. The zero-order chi connectivity index (χ0) is 21.8. The number of aryl methyl sites for hydroxylation is 1. The predicted molar refractivity (Wildman–Crippen MR) is 123 cm³/mol. The maximum atomic E-state index is 13.6. The molecule has 3 N–H and O–H groups in total. The molecule has 2 fully saturated rings. The second kappa shape index (κ2) is 8.03. The van der Waals surface area contributed by atoms with Gasteiger partial charge < -0.3 is 15.8 Å². The fraction of sp³-hybridized carbons (Fsp3) is 0.500. The standard InChI is InChI=1S/C22H27BrN4O3S/c1-13-6-21(22(25-9-13)26-10-17-4-5-20(30-17)14-2-3-14)31(28,29)27-11-15-7-18(23)19(24)8-16(15)12-27/h6-9,14,17,20H,2-5,10-12,24H2,1H3,(H,25,26). The molecule has 31 heavy (non-hydrogen) atoms. The summed E-state index contributed by atoms with van der Waals surface area (Å²) in [6.07, 6.45) is 6.80. The van der Waals surface area contributed by atoms with E-state index in [1.165, 1.54) is 17.1 Å². The number of nitrogens with two attached hydrogens (primary N) is 1. The number of nitrogens with zero attached hydrogens (tertiary/aromatic N) is 2. The monoisotopic (exact) mass is 506 g/mol. The average Bonchev–Trinajstić information content (AvgIpc) is 3.33. The number of hydrogen-bond donors (Lipinski definition) is 2. The van der Waals surface area contributed by atoms with E-state index in [1.807, 2.05) is 19.1 Å². The summed E-state index contributed by atoms with van der Waals surface area (Å²) in [5.41, 5.74) is 9.30. The van der Waals surface area contributed by atoms with Gasteiger partial charge in [-0.3, -0.25) is 0 Å². The van der Waals surface area contributed by atoms with E-state index in [-0.39, 0.29) is 11.0 Å². The van der Waals surface area contributed by atoms with Crippen LogP contribution in [0.1, 0.15) is 42.4 Å². The molecule has 9 heteroatoms. The van der Waals surface area contributed by atoms with Gasteiger partial charge in [-0.05, 0) is 89.3 Å². The van der Waals surface area contributed by atoms with Gasteiger partial charge in [-0.15, -0.1) is 0 Å². The van der Waals surface area contributed by atoms with Crippen LogP contribution >= 0.6 is 15.9 Å². The highest BCUT2D eigenvalue weighted by Crippen LogP contribution is 2.40. The molecule has 0 amide bonds. The van der Waals surface area contributed by atoms with E-state index >= 15 is 0 Å². The molecule has 2 aromatic rings. The number of nitrogen functional groups attached to an aromatic ring is 1. The number of benzene rings is 1. The van der Waals surface area contributed by atoms with Crippen LogP contribution in [-0.2, 0) is 27.8 Å². The van der Waals surface area contributed by atoms with Gasteiger partial charge in [0.25, 0.3) is 0 Å². The first-order valence-corrected chi connectivity index (χ1v) is 13.0. The average molecular weight is 507 g/mol. The molecule has 0 bridgehead atoms. The molecule has 5 rings (SSSR count). The lowest BCUT2D eigenvalue weighted by atomic mass is 10.1. The van der Waals surface area contributed by atoms with Crippen LogP contribution in [0.25, 0.3) is 0 Å². The quantitative estimate of drug-likeness (QED) is 0.578. The number of pyridine rings is 1. The molecular formula is C22H27BrN4O3S. The Morgan fingerprint density at radius 3 is 2.68 bits per heavy atom. The van der Waals surface area contributed by atoms with Crippen molar-refractivity contribution >= 4 is 37.5 Å². The largest absolute Gasteiger partial charge is 0.398 e. The molecule has 3 heterocycles. The Kier molecular flexibility index (Phi) is 5.48. The summed E-state index contributed by atoms with van der Waals surface area (Å²) >= 11 is 3.43. The summed E-state index contributed by atoms with van der Waals surface area (Å²) < 4.78 is 35.6. The van der Waals surface area contributed by atoms with Gasteiger partial charge in [0.05, 0.1) is 12.2 Å². The molecule has 1 saturated carbocycles. The molecule has 3 aliphatic rings. The number of rotatable bonds is 6. The lowest BCUT2D eigenvalue weighted by Gasteiger charge is -2.20. The minimum absolute atomic E-state index is 0.0978. The lowest BCUT2D eigenvalue weighted by molar-refractivity contribution is 0.0398. The van der Waals surface area contributed by atoms with Crippen molar-refractivity contribution in [3.8, 4) is 0 Å². The van der Waals surface area contributed by atoms with Crippen LogP contribution in [0.2, 0.25) is 0 Å². The van der Waals surface area contributed by atoms with Gasteiger partial charge in [0.2, 0.25) is 10.0 Å². The summed E-state index contributed by atoms with van der Waals surface area (Å²) in [5, 5.41) is 3.26. The van der Waals surface area contributed by atoms with Crippen molar-refractivity contribution in [1.82, 2.24) is 9.29 Å². The molecule has 2 unspecified atom stereocenters. The zero-order valence-corrected chi connectivity index (χ0v) is 19.9. The molecule has 0 radical (unpaired) electrons. The third-order valence-corrected chi connectivity index (χ3v) is 8.90. The van der Waals surface area contributed by atoms with Crippen LogP contribution in [0, 0.1) is 12.8 Å². The summed E-state index contributed by atoms with van der Waals surface area (Å²) in [4.78, 5) is 4.63. The van der Waals surface area contributed by atoms with Crippen molar-refractivity contribution in [1.29, 1.82) is 0 Å². The molecule has 0 spiro atoms. The van der Waals surface area contributed by atoms with Gasteiger partial charge in [0.15, 0.2) is 0 Å². The van der Waals surface area contributed by atoms with E-state index in [0.29, 0.717) is 37.2 Å². The first-order chi connectivity index (χ1) is 14.8. The van der Waals surface area contributed by atoms with Crippen molar-refractivity contribution in [3.63, 3.8) is 0 Å². The number of anilines is 2. The third kappa shape index (κ3) is 4.20. The van der Waals surface area contributed by atoms with Crippen molar-refractivity contribution in [2.45, 2.75) is 62.8 Å². The smallest absolute Gasteiger partial charge is 0.247 e. The van der Waals surface area contributed by atoms with Crippen molar-refractivity contribution in [3.05, 3.63) is 45.6 Å². The fourth-order valence-corrected chi connectivity index (χ4v) is 6.49. The van der Waals surface area contributed by atoms with Crippen LogP contribution in [-0.4, -0.2) is 36.5 Å². The maximum absolute atomic E-state index is 13.6. The first kappa shape index (κ1) is 21.2. The van der Waals surface area contributed by atoms with Crippen LogP contribution in [0.15, 0.2) is 33.8 Å². The van der Waals surface area contributed by atoms with E-state index in [0.717, 1.165) is 39.9 Å². The molecule has 166 valence electrons. The number of halogens is 1. The lowest BCUT2D eigenvalue weighted by Crippen LogP contribution is -2.28. The minimum atomic E-state index is -3.73. The highest BCUT2D eigenvalue weighted by Gasteiger charge is 2.38. The molecule has 1 aromatic heterocycles. The van der Waals surface area contributed by atoms with Gasteiger partial charge in [-0.1, -0.05) is 0 Å². The SMILES string of the molecule is Cc1cnc(NCC2CCC(C3CC3)O2)c(S(=O)(=O)N2Cc3cc(N)c(Br)cc3C2)c1. The Labute approximate surface area is 191 Å². The van der Waals surface area contributed by atoms with Crippen LogP contribution in [0.3, 0.4) is 0 Å². The number of ether oxygens (including phenoxy) is 1. The number of nitrogens with one attached hydrogen (secondary N) is 1. The van der Waals surface area contributed by atoms with E-state index in [4.69, 9.17) is 10.5 Å². The fourth-order valence-electron chi connectivity index (χ4n) is 4.50. The Hall–Kier alpha value is -1.68. The van der Waals surface area contributed by atoms with E-state index < -0.39 is 10.0 Å². The normalized spacial score (nSPS) is 23.8. The van der Waals surface area contributed by atoms with Crippen molar-refractivity contribution < 1.29 is 13.2 Å². The summed E-state index contributed by atoms with van der Waals surface area (Å²) in [7, 11) is -3.73.